The molecule has 0 unspecified atom stereocenters. The standard InChI is InChI=1S/C11H14ClN5O/c1-7-6-17(5-4-13-7)11-14-10(15-16-11)8-2-3-9(12)18-8/h2-3,7,13H,4-6H2,1H3,(H,14,15,16)/t7-/m0/s1. The molecule has 3 heterocycles. The van der Waals surface area contributed by atoms with Gasteiger partial charge in [-0.2, -0.15) is 4.98 Å². The molecule has 0 bridgehead atoms. The van der Waals surface area contributed by atoms with Gasteiger partial charge in [-0.15, -0.1) is 5.10 Å². The number of nitrogens with one attached hydrogen (secondary N) is 2. The first kappa shape index (κ1) is 11.6. The third-order valence-electron chi connectivity index (χ3n) is 2.93. The Hall–Kier alpha value is -1.53. The van der Waals surface area contributed by atoms with E-state index in [1.807, 2.05) is 0 Å². The predicted molar refractivity (Wildman–Crippen MR) is 68.8 cm³/mol. The lowest BCUT2D eigenvalue weighted by Crippen LogP contribution is -2.49. The van der Waals surface area contributed by atoms with E-state index in [9.17, 15) is 0 Å². The molecular weight excluding hydrogens is 254 g/mol. The van der Waals surface area contributed by atoms with Crippen LogP contribution in [0.2, 0.25) is 5.22 Å². The number of hydrogen-bond donors (Lipinski definition) is 2. The largest absolute Gasteiger partial charge is 0.441 e. The Morgan fingerprint density at radius 2 is 2.39 bits per heavy atom. The van der Waals surface area contributed by atoms with Gasteiger partial charge < -0.3 is 14.6 Å². The molecular formula is C11H14ClN5O. The van der Waals surface area contributed by atoms with E-state index in [1.54, 1.807) is 12.1 Å². The number of rotatable bonds is 2. The summed E-state index contributed by atoms with van der Waals surface area (Å²) in [5, 5.41) is 10.8. The fraction of sp³-hybridized carbons (Fsp3) is 0.455. The van der Waals surface area contributed by atoms with Crippen molar-refractivity contribution in [2.75, 3.05) is 24.5 Å². The minimum absolute atomic E-state index is 0.346. The summed E-state index contributed by atoms with van der Waals surface area (Å²) in [5.74, 6) is 1.90. The Morgan fingerprint density at radius 1 is 1.50 bits per heavy atom. The smallest absolute Gasteiger partial charge is 0.245 e. The second kappa shape index (κ2) is 4.62. The molecule has 2 aromatic rings. The molecule has 0 aromatic carbocycles. The van der Waals surface area contributed by atoms with Crippen LogP contribution >= 0.6 is 11.6 Å². The van der Waals surface area contributed by atoms with E-state index in [1.165, 1.54) is 0 Å². The molecule has 0 spiro atoms. The van der Waals surface area contributed by atoms with Crippen molar-refractivity contribution in [1.29, 1.82) is 0 Å². The van der Waals surface area contributed by atoms with Gasteiger partial charge in [0, 0.05) is 25.7 Å². The van der Waals surface area contributed by atoms with Gasteiger partial charge in [0.2, 0.25) is 5.95 Å². The molecule has 96 valence electrons. The van der Waals surface area contributed by atoms with Gasteiger partial charge in [0.05, 0.1) is 0 Å². The van der Waals surface area contributed by atoms with Crippen LogP contribution in [-0.2, 0) is 0 Å². The number of furan rings is 1. The summed E-state index contributed by atoms with van der Waals surface area (Å²) in [6, 6.07) is 3.90. The van der Waals surface area contributed by atoms with Crippen molar-refractivity contribution in [3.63, 3.8) is 0 Å². The van der Waals surface area contributed by atoms with Crippen LogP contribution in [-0.4, -0.2) is 40.9 Å². The van der Waals surface area contributed by atoms with E-state index in [0.717, 1.165) is 19.6 Å². The van der Waals surface area contributed by atoms with E-state index in [2.05, 4.69) is 32.3 Å². The number of H-pyrrole nitrogens is 1. The van der Waals surface area contributed by atoms with Crippen molar-refractivity contribution < 1.29 is 4.42 Å². The minimum Gasteiger partial charge on any atom is -0.441 e. The Bertz CT molecular complexity index is 537. The number of halogens is 1. The molecule has 2 aromatic heterocycles. The van der Waals surface area contributed by atoms with Crippen LogP contribution in [0.1, 0.15) is 6.92 Å². The molecule has 0 aliphatic carbocycles. The van der Waals surface area contributed by atoms with Crippen molar-refractivity contribution in [2.45, 2.75) is 13.0 Å². The zero-order valence-corrected chi connectivity index (χ0v) is 10.7. The van der Waals surface area contributed by atoms with E-state index in [4.69, 9.17) is 16.0 Å². The van der Waals surface area contributed by atoms with Gasteiger partial charge >= 0.3 is 0 Å². The lowest BCUT2D eigenvalue weighted by Gasteiger charge is -2.30. The molecule has 0 saturated carbocycles. The Morgan fingerprint density at radius 3 is 3.11 bits per heavy atom. The third-order valence-corrected chi connectivity index (χ3v) is 3.13. The summed E-state index contributed by atoms with van der Waals surface area (Å²) in [4.78, 5) is 6.58. The predicted octanol–water partition coefficient (Wildman–Crippen LogP) is 1.52. The molecule has 1 saturated heterocycles. The van der Waals surface area contributed by atoms with E-state index in [0.29, 0.717) is 28.8 Å². The van der Waals surface area contributed by atoms with Crippen molar-refractivity contribution >= 4 is 17.5 Å². The number of anilines is 1. The maximum Gasteiger partial charge on any atom is 0.245 e. The van der Waals surface area contributed by atoms with Crippen LogP contribution in [0.3, 0.4) is 0 Å². The molecule has 7 heteroatoms. The third kappa shape index (κ3) is 2.21. The summed E-state index contributed by atoms with van der Waals surface area (Å²) in [7, 11) is 0. The van der Waals surface area contributed by atoms with Crippen LogP contribution < -0.4 is 10.2 Å². The van der Waals surface area contributed by atoms with Crippen LogP contribution in [0.4, 0.5) is 5.95 Å². The highest BCUT2D eigenvalue weighted by Gasteiger charge is 2.20. The number of hydrogen-bond acceptors (Lipinski definition) is 5. The molecule has 18 heavy (non-hydrogen) atoms. The summed E-state index contributed by atoms with van der Waals surface area (Å²) >= 11 is 5.74. The van der Waals surface area contributed by atoms with Gasteiger partial charge in [-0.1, -0.05) is 0 Å². The fourth-order valence-electron chi connectivity index (χ4n) is 2.06. The number of nitrogens with zero attached hydrogens (tertiary/aromatic N) is 3. The van der Waals surface area contributed by atoms with Crippen LogP contribution in [0.25, 0.3) is 11.6 Å². The van der Waals surface area contributed by atoms with E-state index in [-0.39, 0.29) is 0 Å². The SMILES string of the molecule is C[C@H]1CN(c2n[nH]c(-c3ccc(Cl)o3)n2)CCN1. The highest BCUT2D eigenvalue weighted by atomic mass is 35.5. The monoisotopic (exact) mass is 267 g/mol. The van der Waals surface area contributed by atoms with Crippen molar-refractivity contribution in [3.05, 3.63) is 17.4 Å². The summed E-state index contributed by atoms with van der Waals surface area (Å²) < 4.78 is 5.29. The second-order valence-electron chi connectivity index (χ2n) is 4.39. The normalized spacial score (nSPS) is 20.3. The summed E-state index contributed by atoms with van der Waals surface area (Å²) in [6.45, 7) is 4.89. The Kier molecular flexibility index (Phi) is 2.97. The molecule has 2 N–H and O–H groups in total. The second-order valence-corrected chi connectivity index (χ2v) is 4.76. The molecule has 0 radical (unpaired) electrons. The van der Waals surface area contributed by atoms with Crippen molar-refractivity contribution in [2.24, 2.45) is 0 Å². The maximum atomic E-state index is 5.74. The van der Waals surface area contributed by atoms with Gasteiger partial charge in [-0.25, -0.2) is 0 Å². The first-order valence-electron chi connectivity index (χ1n) is 5.89. The van der Waals surface area contributed by atoms with Crippen LogP contribution in [0, 0.1) is 0 Å². The summed E-state index contributed by atoms with van der Waals surface area (Å²) in [5.41, 5.74) is 0. The molecule has 1 aliphatic heterocycles. The summed E-state index contributed by atoms with van der Waals surface area (Å²) in [6.07, 6.45) is 0. The molecule has 1 aliphatic rings. The van der Waals surface area contributed by atoms with Gasteiger partial charge in [-0.3, -0.25) is 5.10 Å². The van der Waals surface area contributed by atoms with Crippen LogP contribution in [0.5, 0.6) is 0 Å². The lowest BCUT2D eigenvalue weighted by molar-refractivity contribution is 0.480. The van der Waals surface area contributed by atoms with E-state index >= 15 is 0 Å². The lowest BCUT2D eigenvalue weighted by atomic mass is 10.2. The van der Waals surface area contributed by atoms with Gasteiger partial charge in [0.15, 0.2) is 16.8 Å². The zero-order valence-electron chi connectivity index (χ0n) is 9.98. The average Bonchev–Trinajstić information content (AvgIpc) is 2.97. The number of aromatic nitrogens is 3. The fourth-order valence-corrected chi connectivity index (χ4v) is 2.21. The van der Waals surface area contributed by atoms with E-state index < -0.39 is 0 Å². The van der Waals surface area contributed by atoms with Gasteiger partial charge in [0.25, 0.3) is 0 Å². The molecule has 0 amide bonds. The first-order valence-corrected chi connectivity index (χ1v) is 6.26. The number of aromatic amines is 1. The topological polar surface area (TPSA) is 70.0 Å². The minimum atomic E-state index is 0.346. The molecule has 1 atom stereocenters. The van der Waals surface area contributed by atoms with Gasteiger partial charge in [0.1, 0.15) is 0 Å². The van der Waals surface area contributed by atoms with Crippen molar-refractivity contribution in [3.8, 4) is 11.6 Å². The first-order chi connectivity index (χ1) is 8.72. The number of piperazine rings is 1. The molecule has 3 rings (SSSR count). The Labute approximate surface area is 109 Å². The zero-order chi connectivity index (χ0) is 12.5. The maximum absolute atomic E-state index is 5.74. The van der Waals surface area contributed by atoms with Gasteiger partial charge in [-0.05, 0) is 30.7 Å². The highest BCUT2D eigenvalue weighted by Crippen LogP contribution is 2.23. The molecule has 1 fully saturated rings. The highest BCUT2D eigenvalue weighted by molar-refractivity contribution is 6.28. The average molecular weight is 268 g/mol. The van der Waals surface area contributed by atoms with Crippen LogP contribution in [0.15, 0.2) is 16.5 Å². The van der Waals surface area contributed by atoms with Crippen molar-refractivity contribution in [1.82, 2.24) is 20.5 Å². The molecule has 6 nitrogen and oxygen atoms in total. The quantitative estimate of drug-likeness (QED) is 0.863. The Balaban J connectivity index is 1.80.